The first kappa shape index (κ1) is 21.4. The number of benzene rings is 1. The van der Waals surface area contributed by atoms with E-state index in [4.69, 9.17) is 6.42 Å². The van der Waals surface area contributed by atoms with E-state index in [1.54, 1.807) is 5.43 Å². The summed E-state index contributed by atoms with van der Waals surface area (Å²) in [4.78, 5) is 24.0. The second kappa shape index (κ2) is 9.14. The maximum atomic E-state index is 13.5. The van der Waals surface area contributed by atoms with Gasteiger partial charge in [-0.1, -0.05) is 30.3 Å². The van der Waals surface area contributed by atoms with E-state index in [9.17, 15) is 31.5 Å². The molecule has 1 rings (SSSR count). The van der Waals surface area contributed by atoms with Crippen molar-refractivity contribution in [3.63, 3.8) is 0 Å². The first-order chi connectivity index (χ1) is 12.6. The number of halogens is 5. The Bertz CT molecular complexity index is 908. The Morgan fingerprint density at radius 1 is 1.04 bits per heavy atom. The lowest BCUT2D eigenvalue weighted by atomic mass is 10.0. The van der Waals surface area contributed by atoms with Crippen LogP contribution in [0.2, 0.25) is 0 Å². The van der Waals surface area contributed by atoms with Gasteiger partial charge in [0.25, 0.3) is 5.78 Å². The summed E-state index contributed by atoms with van der Waals surface area (Å²) in [7, 11) is 0. The van der Waals surface area contributed by atoms with Gasteiger partial charge in [0.05, 0.1) is 0 Å². The number of nitrogens with zero attached hydrogens (tertiary/aromatic N) is 1. The highest BCUT2D eigenvalue weighted by molar-refractivity contribution is 6.70. The van der Waals surface area contributed by atoms with Crippen LogP contribution in [0.1, 0.15) is 10.4 Å². The van der Waals surface area contributed by atoms with Crippen molar-refractivity contribution in [2.24, 2.45) is 5.10 Å². The number of rotatable bonds is 6. The lowest BCUT2D eigenvalue weighted by molar-refractivity contribution is -0.408. The Balaban J connectivity index is 3.24. The van der Waals surface area contributed by atoms with Crippen molar-refractivity contribution in [1.29, 1.82) is 0 Å². The van der Waals surface area contributed by atoms with Crippen molar-refractivity contribution < 1.29 is 36.3 Å². The van der Waals surface area contributed by atoms with Crippen LogP contribution in [-0.2, 0) is 9.53 Å². The smallest absolute Gasteiger partial charge is 0.287 e. The molecular formula is C17H7F5N2O3. The van der Waals surface area contributed by atoms with Gasteiger partial charge in [0.15, 0.2) is 5.71 Å². The Hall–Kier alpha value is -3.68. The Morgan fingerprint density at radius 2 is 1.67 bits per heavy atom. The highest BCUT2D eigenvalue weighted by Gasteiger charge is 2.53. The third kappa shape index (κ3) is 6.99. The molecule has 138 valence electrons. The minimum Gasteiger partial charge on any atom is -0.287 e. The van der Waals surface area contributed by atoms with E-state index in [1.807, 2.05) is 17.9 Å². The topological polar surface area (TPSA) is 67.8 Å². The van der Waals surface area contributed by atoms with Crippen LogP contribution >= 0.6 is 0 Å². The van der Waals surface area contributed by atoms with Gasteiger partial charge in [-0.2, -0.15) is 13.9 Å². The molecule has 0 aliphatic rings. The van der Waals surface area contributed by atoms with Crippen LogP contribution < -0.4 is 5.43 Å². The lowest BCUT2D eigenvalue weighted by Crippen LogP contribution is -2.44. The third-order valence-corrected chi connectivity index (χ3v) is 2.46. The first-order valence-electron chi connectivity index (χ1n) is 6.66. The Kier molecular flexibility index (Phi) is 7.23. The summed E-state index contributed by atoms with van der Waals surface area (Å²) in [5.41, 5.74) is -0.0887. The summed E-state index contributed by atoms with van der Waals surface area (Å²) in [5.74, 6) is 4.12. The number of hydrazone groups is 1. The molecule has 27 heavy (non-hydrogen) atoms. The normalized spacial score (nSPS) is 11.2. The van der Waals surface area contributed by atoms with E-state index in [2.05, 4.69) is 21.7 Å². The lowest BCUT2D eigenvalue weighted by Gasteiger charge is -2.17. The Labute approximate surface area is 149 Å². The molecule has 10 heteroatoms. The number of Topliss-reactive ketones (excluding diaryl/α,β-unsaturated/α-hetero) is 2. The standard InChI is InChI=1S/C17H7F5N2O3/c1-2-3-4-8-11-23-24-13(14(25)12-9-6-5-7-10-12)15(26)16(18,19)27-17(20,21)22/h1,5-7,9-10,23H/b24-13-. The van der Waals surface area contributed by atoms with E-state index in [1.165, 1.54) is 18.2 Å². The van der Waals surface area contributed by atoms with Crippen LogP contribution in [0.15, 0.2) is 35.4 Å². The summed E-state index contributed by atoms with van der Waals surface area (Å²) >= 11 is 0. The Morgan fingerprint density at radius 3 is 2.22 bits per heavy atom. The molecule has 0 atom stereocenters. The average molecular weight is 382 g/mol. The molecule has 0 radical (unpaired) electrons. The highest BCUT2D eigenvalue weighted by Crippen LogP contribution is 2.29. The minimum atomic E-state index is -5.84. The van der Waals surface area contributed by atoms with Gasteiger partial charge in [0, 0.05) is 23.4 Å². The molecule has 0 aliphatic carbocycles. The molecule has 5 nitrogen and oxygen atoms in total. The van der Waals surface area contributed by atoms with Crippen LogP contribution in [0.25, 0.3) is 0 Å². The molecule has 0 saturated carbocycles. The van der Waals surface area contributed by atoms with Crippen LogP contribution in [0.3, 0.4) is 0 Å². The molecule has 0 fully saturated rings. The molecule has 0 saturated heterocycles. The fourth-order valence-electron chi connectivity index (χ4n) is 1.47. The molecule has 0 heterocycles. The molecule has 0 spiro atoms. The minimum absolute atomic E-state index is 0.283. The van der Waals surface area contributed by atoms with Gasteiger partial charge in [0.2, 0.25) is 5.78 Å². The summed E-state index contributed by atoms with van der Waals surface area (Å²) in [6.45, 7) is 0. The number of ketones is 2. The maximum Gasteiger partial charge on any atom is 0.527 e. The molecule has 0 aromatic heterocycles. The second-order valence-electron chi connectivity index (χ2n) is 4.31. The van der Waals surface area contributed by atoms with E-state index in [0.717, 1.165) is 12.1 Å². The van der Waals surface area contributed by atoms with Gasteiger partial charge in [-0.25, -0.2) is 10.2 Å². The molecule has 0 unspecified atom stereocenters. The second-order valence-corrected chi connectivity index (χ2v) is 4.31. The van der Waals surface area contributed by atoms with E-state index in [0.29, 0.717) is 0 Å². The number of carbonyl (C=O) groups is 2. The SMILES string of the molecule is C#CC#CC#CN/N=C(/C(=O)c1ccccc1)C(=O)C(F)(F)OC(F)(F)F. The zero-order valence-electron chi connectivity index (χ0n) is 13.0. The van der Waals surface area contributed by atoms with Crippen molar-refractivity contribution in [1.82, 2.24) is 5.43 Å². The van der Waals surface area contributed by atoms with Gasteiger partial charge in [-0.3, -0.25) is 9.59 Å². The number of hydrogen-bond donors (Lipinski definition) is 1. The molecule has 1 aromatic rings. The van der Waals surface area contributed by atoms with Gasteiger partial charge >= 0.3 is 12.5 Å². The number of hydrogen-bond acceptors (Lipinski definition) is 5. The van der Waals surface area contributed by atoms with Crippen molar-refractivity contribution in [3.05, 3.63) is 35.9 Å². The molecular weight excluding hydrogens is 375 g/mol. The molecule has 0 bridgehead atoms. The zero-order valence-corrected chi connectivity index (χ0v) is 13.0. The van der Waals surface area contributed by atoms with Crippen LogP contribution in [0, 0.1) is 36.1 Å². The monoisotopic (exact) mass is 382 g/mol. The maximum absolute atomic E-state index is 13.5. The average Bonchev–Trinajstić information content (AvgIpc) is 2.59. The number of terminal acetylenes is 1. The van der Waals surface area contributed by atoms with Crippen molar-refractivity contribution in [3.8, 4) is 36.1 Å². The van der Waals surface area contributed by atoms with Gasteiger partial charge in [-0.05, 0) is 11.8 Å². The van der Waals surface area contributed by atoms with Crippen LogP contribution in [-0.4, -0.2) is 29.7 Å². The largest absolute Gasteiger partial charge is 0.527 e. The van der Waals surface area contributed by atoms with Crippen molar-refractivity contribution in [2.45, 2.75) is 12.5 Å². The predicted octanol–water partition coefficient (Wildman–Crippen LogP) is 2.11. The molecule has 0 amide bonds. The fourth-order valence-corrected chi connectivity index (χ4v) is 1.47. The quantitative estimate of drug-likeness (QED) is 0.156. The van der Waals surface area contributed by atoms with Gasteiger partial charge in [-0.15, -0.1) is 19.6 Å². The number of carbonyl (C=O) groups excluding carboxylic acids is 2. The van der Waals surface area contributed by atoms with E-state index in [-0.39, 0.29) is 5.56 Å². The van der Waals surface area contributed by atoms with Crippen molar-refractivity contribution in [2.75, 3.05) is 0 Å². The van der Waals surface area contributed by atoms with Gasteiger partial charge in [0.1, 0.15) is 0 Å². The zero-order chi connectivity index (χ0) is 20.5. The fraction of sp³-hybridized carbons (Fsp3) is 0.118. The van der Waals surface area contributed by atoms with E-state index >= 15 is 0 Å². The summed E-state index contributed by atoms with van der Waals surface area (Å²) < 4.78 is 65.7. The molecule has 0 aliphatic heterocycles. The van der Waals surface area contributed by atoms with Crippen molar-refractivity contribution >= 4 is 17.3 Å². The number of nitrogens with one attached hydrogen (secondary N) is 1. The van der Waals surface area contributed by atoms with Gasteiger partial charge < -0.3 is 0 Å². The predicted molar refractivity (Wildman–Crippen MR) is 82.8 cm³/mol. The van der Waals surface area contributed by atoms with Crippen LogP contribution in [0.5, 0.6) is 0 Å². The summed E-state index contributed by atoms with van der Waals surface area (Å²) in [6.07, 6.45) is -6.41. The highest BCUT2D eigenvalue weighted by atomic mass is 19.4. The molecule has 1 aromatic carbocycles. The number of ether oxygens (including phenoxy) is 1. The first-order valence-corrected chi connectivity index (χ1v) is 6.66. The van der Waals surface area contributed by atoms with Crippen LogP contribution in [0.4, 0.5) is 22.0 Å². The third-order valence-electron chi connectivity index (χ3n) is 2.46. The summed E-state index contributed by atoms with van der Waals surface area (Å²) in [6, 6.07) is 8.36. The summed E-state index contributed by atoms with van der Waals surface area (Å²) in [5, 5.41) is 3.04. The molecule has 1 N–H and O–H groups in total. The number of alkyl halides is 5. The van der Waals surface area contributed by atoms with E-state index < -0.39 is 29.7 Å².